The molecule has 4 aliphatic carbocycles. The number of aromatic nitrogens is 1. The highest BCUT2D eigenvalue weighted by Crippen LogP contribution is 2.60. The molecular formula is C17H21N3. The van der Waals surface area contributed by atoms with Crippen molar-refractivity contribution in [1.29, 1.82) is 5.26 Å². The van der Waals surface area contributed by atoms with Crippen LogP contribution in [0.4, 0.5) is 5.82 Å². The third-order valence-electron chi connectivity index (χ3n) is 5.83. The SMILES string of the molecule is CNc1nc(C23CC4CC(CC(C4)C2)C3)ccc1C#N. The van der Waals surface area contributed by atoms with Crippen molar-refractivity contribution >= 4 is 5.82 Å². The van der Waals surface area contributed by atoms with Crippen molar-refractivity contribution in [3.05, 3.63) is 23.4 Å². The Bertz CT molecular complexity index is 549. The molecule has 0 unspecified atom stereocenters. The van der Waals surface area contributed by atoms with Gasteiger partial charge in [0.15, 0.2) is 0 Å². The van der Waals surface area contributed by atoms with Crippen molar-refractivity contribution in [2.45, 2.75) is 43.9 Å². The molecule has 20 heavy (non-hydrogen) atoms. The highest BCUT2D eigenvalue weighted by Gasteiger charge is 2.52. The van der Waals surface area contributed by atoms with Gasteiger partial charge in [-0.2, -0.15) is 5.26 Å². The summed E-state index contributed by atoms with van der Waals surface area (Å²) in [5.41, 5.74) is 2.20. The van der Waals surface area contributed by atoms with Crippen LogP contribution in [0, 0.1) is 29.1 Å². The van der Waals surface area contributed by atoms with Crippen LogP contribution in [0.2, 0.25) is 0 Å². The van der Waals surface area contributed by atoms with Gasteiger partial charge in [0, 0.05) is 18.2 Å². The van der Waals surface area contributed by atoms with E-state index in [2.05, 4.69) is 17.5 Å². The van der Waals surface area contributed by atoms with Crippen molar-refractivity contribution in [1.82, 2.24) is 4.98 Å². The van der Waals surface area contributed by atoms with Gasteiger partial charge in [0.2, 0.25) is 0 Å². The molecule has 1 aromatic rings. The molecule has 0 aromatic carbocycles. The van der Waals surface area contributed by atoms with Crippen LogP contribution in [0.15, 0.2) is 12.1 Å². The Kier molecular flexibility index (Phi) is 2.57. The number of anilines is 1. The Balaban J connectivity index is 1.75. The predicted molar refractivity (Wildman–Crippen MR) is 78.3 cm³/mol. The second-order valence-electron chi connectivity index (χ2n) is 7.15. The highest BCUT2D eigenvalue weighted by molar-refractivity contribution is 5.52. The number of hydrogen-bond donors (Lipinski definition) is 1. The quantitative estimate of drug-likeness (QED) is 0.892. The van der Waals surface area contributed by atoms with E-state index in [9.17, 15) is 0 Å². The smallest absolute Gasteiger partial charge is 0.143 e. The predicted octanol–water partition coefficient (Wildman–Crippen LogP) is 3.46. The maximum absolute atomic E-state index is 9.14. The molecule has 0 atom stereocenters. The van der Waals surface area contributed by atoms with Gasteiger partial charge in [0.1, 0.15) is 11.9 Å². The van der Waals surface area contributed by atoms with Crippen LogP contribution in [-0.2, 0) is 5.41 Å². The molecule has 4 aliphatic rings. The van der Waals surface area contributed by atoms with Crippen LogP contribution in [0.5, 0.6) is 0 Å². The number of hydrogen-bond acceptors (Lipinski definition) is 3. The molecule has 0 spiro atoms. The van der Waals surface area contributed by atoms with Crippen molar-refractivity contribution in [3.63, 3.8) is 0 Å². The van der Waals surface area contributed by atoms with E-state index in [1.807, 2.05) is 13.1 Å². The molecule has 4 bridgehead atoms. The summed E-state index contributed by atoms with van der Waals surface area (Å²) in [4.78, 5) is 4.82. The number of nitrogens with one attached hydrogen (secondary N) is 1. The van der Waals surface area contributed by atoms with E-state index in [1.54, 1.807) is 0 Å². The second-order valence-corrected chi connectivity index (χ2v) is 7.15. The van der Waals surface area contributed by atoms with Gasteiger partial charge in [0.05, 0.1) is 5.56 Å². The van der Waals surface area contributed by atoms with Gasteiger partial charge in [-0.3, -0.25) is 0 Å². The minimum atomic E-state index is 0.314. The number of pyridine rings is 1. The Morgan fingerprint density at radius 3 is 2.25 bits per heavy atom. The molecule has 1 heterocycles. The van der Waals surface area contributed by atoms with Crippen LogP contribution in [0.25, 0.3) is 0 Å². The van der Waals surface area contributed by atoms with Crippen LogP contribution in [-0.4, -0.2) is 12.0 Å². The van der Waals surface area contributed by atoms with Crippen molar-refractivity contribution < 1.29 is 0 Å². The lowest BCUT2D eigenvalue weighted by atomic mass is 9.49. The molecule has 4 fully saturated rings. The number of rotatable bonds is 2. The first-order valence-electron chi connectivity index (χ1n) is 7.82. The van der Waals surface area contributed by atoms with E-state index in [0.717, 1.165) is 23.6 Å². The maximum atomic E-state index is 9.14. The molecule has 3 nitrogen and oxygen atoms in total. The van der Waals surface area contributed by atoms with Crippen molar-refractivity contribution in [2.75, 3.05) is 12.4 Å². The average Bonchev–Trinajstić information content (AvgIpc) is 2.45. The standard InChI is InChI=1S/C17H21N3/c1-19-16-14(10-18)2-3-15(20-16)17-7-11-4-12(8-17)6-13(5-11)9-17/h2-3,11-13H,4-9H2,1H3,(H,19,20). The first-order chi connectivity index (χ1) is 9.72. The molecule has 0 saturated heterocycles. The normalized spacial score (nSPS) is 37.7. The van der Waals surface area contributed by atoms with Gasteiger partial charge >= 0.3 is 0 Å². The fourth-order valence-electron chi connectivity index (χ4n) is 5.46. The molecule has 1 aromatic heterocycles. The summed E-state index contributed by atoms with van der Waals surface area (Å²) >= 11 is 0. The van der Waals surface area contributed by atoms with Crippen LogP contribution < -0.4 is 5.32 Å². The Morgan fingerprint density at radius 1 is 1.15 bits per heavy atom. The largest absolute Gasteiger partial charge is 0.372 e. The van der Waals surface area contributed by atoms with Gasteiger partial charge in [0.25, 0.3) is 0 Å². The van der Waals surface area contributed by atoms with Crippen molar-refractivity contribution in [3.8, 4) is 6.07 Å². The first-order valence-corrected chi connectivity index (χ1v) is 7.82. The van der Waals surface area contributed by atoms with E-state index < -0.39 is 0 Å². The van der Waals surface area contributed by atoms with E-state index in [0.29, 0.717) is 11.0 Å². The Morgan fingerprint density at radius 2 is 1.75 bits per heavy atom. The molecule has 3 heteroatoms. The van der Waals surface area contributed by atoms with E-state index in [1.165, 1.54) is 44.2 Å². The third kappa shape index (κ3) is 1.67. The van der Waals surface area contributed by atoms with Gasteiger partial charge in [-0.15, -0.1) is 0 Å². The molecule has 0 amide bonds. The summed E-state index contributed by atoms with van der Waals surface area (Å²) in [5, 5.41) is 12.2. The fourth-order valence-corrected chi connectivity index (χ4v) is 5.46. The zero-order valence-corrected chi connectivity index (χ0v) is 12.0. The lowest BCUT2D eigenvalue weighted by Gasteiger charge is -2.56. The lowest BCUT2D eigenvalue weighted by molar-refractivity contribution is -0.00714. The van der Waals surface area contributed by atoms with Gasteiger partial charge < -0.3 is 5.32 Å². The first kappa shape index (κ1) is 12.2. The van der Waals surface area contributed by atoms with Gasteiger partial charge in [-0.05, 0) is 68.4 Å². The summed E-state index contributed by atoms with van der Waals surface area (Å²) < 4.78 is 0. The minimum absolute atomic E-state index is 0.314. The van der Waals surface area contributed by atoms with Crippen LogP contribution in [0.3, 0.4) is 0 Å². The summed E-state index contributed by atoms with van der Waals surface area (Å²) in [6.07, 6.45) is 8.32. The molecule has 1 N–H and O–H groups in total. The van der Waals surface area contributed by atoms with Gasteiger partial charge in [-0.1, -0.05) is 0 Å². The zero-order valence-electron chi connectivity index (χ0n) is 12.0. The lowest BCUT2D eigenvalue weighted by Crippen LogP contribution is -2.49. The summed E-state index contributed by atoms with van der Waals surface area (Å²) in [7, 11) is 1.85. The number of nitriles is 1. The second kappa shape index (κ2) is 4.22. The summed E-state index contributed by atoms with van der Waals surface area (Å²) in [6.45, 7) is 0. The van der Waals surface area contributed by atoms with Crippen molar-refractivity contribution in [2.24, 2.45) is 17.8 Å². The fraction of sp³-hybridized carbons (Fsp3) is 0.647. The zero-order chi connectivity index (χ0) is 13.7. The highest BCUT2D eigenvalue weighted by atomic mass is 15.0. The minimum Gasteiger partial charge on any atom is -0.372 e. The third-order valence-corrected chi connectivity index (χ3v) is 5.83. The van der Waals surface area contributed by atoms with E-state index in [-0.39, 0.29) is 0 Å². The molecule has 0 aliphatic heterocycles. The number of nitrogens with zero attached hydrogens (tertiary/aromatic N) is 2. The summed E-state index contributed by atoms with van der Waals surface area (Å²) in [5.74, 6) is 3.53. The van der Waals surface area contributed by atoms with Crippen LogP contribution in [0.1, 0.15) is 49.8 Å². The molecule has 104 valence electrons. The average molecular weight is 267 g/mol. The van der Waals surface area contributed by atoms with Crippen LogP contribution >= 0.6 is 0 Å². The monoisotopic (exact) mass is 267 g/mol. The van der Waals surface area contributed by atoms with Gasteiger partial charge in [-0.25, -0.2) is 4.98 Å². The van der Waals surface area contributed by atoms with E-state index >= 15 is 0 Å². The molecule has 4 saturated carbocycles. The summed E-state index contributed by atoms with van der Waals surface area (Å²) in [6, 6.07) is 6.29. The Hall–Kier alpha value is -1.56. The van der Waals surface area contributed by atoms with E-state index in [4.69, 9.17) is 10.2 Å². The topological polar surface area (TPSA) is 48.7 Å². The molecule has 5 rings (SSSR count). The molecule has 0 radical (unpaired) electrons. The Labute approximate surface area is 120 Å². The molecular weight excluding hydrogens is 246 g/mol. The maximum Gasteiger partial charge on any atom is 0.143 e.